The number of carbonyl (C=O) groups is 2. The molecular formula is C18H16N6O6S. The van der Waals surface area contributed by atoms with E-state index in [-0.39, 0.29) is 22.8 Å². The fraction of sp³-hybridized carbons (Fsp3) is 0.0556. The summed E-state index contributed by atoms with van der Waals surface area (Å²) in [5.41, 5.74) is 5.57. The highest BCUT2D eigenvalue weighted by Gasteiger charge is 2.21. The van der Waals surface area contributed by atoms with Crippen LogP contribution in [-0.2, 0) is 16.6 Å². The minimum atomic E-state index is -4.18. The lowest BCUT2D eigenvalue weighted by atomic mass is 10.2. The molecule has 0 spiro atoms. The third kappa shape index (κ3) is 5.22. The number of nitro benzene ring substituents is 1. The zero-order valence-electron chi connectivity index (χ0n) is 15.8. The Labute approximate surface area is 175 Å². The number of hydrogen-bond acceptors (Lipinski definition) is 7. The molecular weight excluding hydrogens is 428 g/mol. The Morgan fingerprint density at radius 1 is 1.13 bits per heavy atom. The molecule has 3 rings (SSSR count). The third-order valence-corrected chi connectivity index (χ3v) is 5.40. The van der Waals surface area contributed by atoms with Gasteiger partial charge in [-0.05, 0) is 29.8 Å². The first kappa shape index (κ1) is 21.4. The van der Waals surface area contributed by atoms with Gasteiger partial charge in [0.15, 0.2) is 5.69 Å². The van der Waals surface area contributed by atoms with Gasteiger partial charge in [0.05, 0.1) is 15.5 Å². The van der Waals surface area contributed by atoms with Crippen molar-refractivity contribution in [2.24, 2.45) is 5.73 Å². The first-order valence-electron chi connectivity index (χ1n) is 8.65. The first-order valence-corrected chi connectivity index (χ1v) is 10.1. The van der Waals surface area contributed by atoms with Gasteiger partial charge < -0.3 is 11.1 Å². The molecule has 4 N–H and O–H groups in total. The number of amides is 3. The number of nitrogens with zero attached hydrogens (tertiary/aromatic N) is 3. The fourth-order valence-electron chi connectivity index (χ4n) is 2.55. The molecule has 12 nitrogen and oxygen atoms in total. The summed E-state index contributed by atoms with van der Waals surface area (Å²) in [4.78, 5) is 33.3. The van der Waals surface area contributed by atoms with Crippen LogP contribution in [0.4, 0.5) is 10.5 Å². The zero-order chi connectivity index (χ0) is 22.6. The molecule has 0 saturated heterocycles. The highest BCUT2D eigenvalue weighted by atomic mass is 32.2. The molecule has 0 fully saturated rings. The number of hydrogen-bond donors (Lipinski definition) is 3. The summed E-state index contributed by atoms with van der Waals surface area (Å²) in [5, 5.41) is 17.2. The Bertz CT molecular complexity index is 1250. The van der Waals surface area contributed by atoms with Gasteiger partial charge >= 0.3 is 6.03 Å². The maximum Gasteiger partial charge on any atom is 0.312 e. The largest absolute Gasteiger partial charge is 0.352 e. The van der Waals surface area contributed by atoms with E-state index in [4.69, 9.17) is 5.73 Å². The zero-order valence-corrected chi connectivity index (χ0v) is 16.6. The fourth-order valence-corrected chi connectivity index (χ4v) is 3.51. The summed E-state index contributed by atoms with van der Waals surface area (Å²) in [6, 6.07) is 11.6. The number of primary amides is 1. The van der Waals surface area contributed by atoms with E-state index in [1.807, 2.05) is 4.72 Å². The molecule has 3 aromatic rings. The minimum absolute atomic E-state index is 0.122. The minimum Gasteiger partial charge on any atom is -0.352 e. The second kappa shape index (κ2) is 8.62. The van der Waals surface area contributed by atoms with Crippen LogP contribution in [0.2, 0.25) is 0 Å². The van der Waals surface area contributed by atoms with Gasteiger partial charge in [-0.2, -0.15) is 5.10 Å². The van der Waals surface area contributed by atoms with Crippen molar-refractivity contribution in [3.63, 3.8) is 0 Å². The van der Waals surface area contributed by atoms with Crippen molar-refractivity contribution in [3.05, 3.63) is 82.2 Å². The SMILES string of the molecule is NC(=O)NCc1ccc(S(=O)(=O)NC(=O)c2ccn(-c3cccc([N+](=O)[O-])c3)n2)cc1. The maximum absolute atomic E-state index is 12.5. The first-order chi connectivity index (χ1) is 14.7. The van der Waals surface area contributed by atoms with Crippen molar-refractivity contribution in [1.29, 1.82) is 0 Å². The predicted molar refractivity (Wildman–Crippen MR) is 108 cm³/mol. The van der Waals surface area contributed by atoms with Crippen LogP contribution < -0.4 is 15.8 Å². The van der Waals surface area contributed by atoms with Gasteiger partial charge in [-0.15, -0.1) is 0 Å². The molecule has 0 atom stereocenters. The van der Waals surface area contributed by atoms with E-state index in [0.717, 1.165) is 0 Å². The van der Waals surface area contributed by atoms with Crippen molar-refractivity contribution < 1.29 is 22.9 Å². The van der Waals surface area contributed by atoms with E-state index in [1.54, 1.807) is 6.07 Å². The highest BCUT2D eigenvalue weighted by Crippen LogP contribution is 2.17. The topological polar surface area (TPSA) is 179 Å². The van der Waals surface area contributed by atoms with E-state index < -0.39 is 26.9 Å². The lowest BCUT2D eigenvalue weighted by Crippen LogP contribution is -2.31. The summed E-state index contributed by atoms with van der Waals surface area (Å²) >= 11 is 0. The van der Waals surface area contributed by atoms with Crippen LogP contribution in [0.25, 0.3) is 5.69 Å². The number of nitro groups is 1. The van der Waals surface area contributed by atoms with Crippen LogP contribution in [-0.4, -0.2) is 35.1 Å². The molecule has 2 aromatic carbocycles. The van der Waals surface area contributed by atoms with Crippen molar-refractivity contribution in [3.8, 4) is 5.69 Å². The second-order valence-corrected chi connectivity index (χ2v) is 7.90. The molecule has 1 aromatic heterocycles. The van der Waals surface area contributed by atoms with Crippen LogP contribution in [0, 0.1) is 10.1 Å². The Kier molecular flexibility index (Phi) is 5.97. The summed E-state index contributed by atoms with van der Waals surface area (Å²) in [6.07, 6.45) is 1.38. The lowest BCUT2D eigenvalue weighted by molar-refractivity contribution is -0.384. The number of sulfonamides is 1. The van der Waals surface area contributed by atoms with Crippen molar-refractivity contribution in [2.75, 3.05) is 0 Å². The Morgan fingerprint density at radius 3 is 2.48 bits per heavy atom. The number of nitrogens with two attached hydrogens (primary N) is 1. The van der Waals surface area contributed by atoms with Gasteiger partial charge in [0.2, 0.25) is 0 Å². The average Bonchev–Trinajstić information content (AvgIpc) is 3.23. The van der Waals surface area contributed by atoms with Crippen molar-refractivity contribution in [1.82, 2.24) is 19.8 Å². The van der Waals surface area contributed by atoms with Crippen molar-refractivity contribution >= 4 is 27.6 Å². The molecule has 0 unspecified atom stereocenters. The molecule has 3 amide bonds. The molecule has 1 heterocycles. The molecule has 0 bridgehead atoms. The van der Waals surface area contributed by atoms with Gasteiger partial charge in [0.1, 0.15) is 0 Å². The smallest absolute Gasteiger partial charge is 0.312 e. The molecule has 0 aliphatic carbocycles. The highest BCUT2D eigenvalue weighted by molar-refractivity contribution is 7.90. The molecule has 0 aliphatic heterocycles. The normalized spacial score (nSPS) is 11.0. The Balaban J connectivity index is 1.73. The van der Waals surface area contributed by atoms with E-state index >= 15 is 0 Å². The van der Waals surface area contributed by atoms with Crippen LogP contribution in [0.3, 0.4) is 0 Å². The number of benzene rings is 2. The number of carbonyl (C=O) groups excluding carboxylic acids is 2. The van der Waals surface area contributed by atoms with Gasteiger partial charge in [-0.1, -0.05) is 18.2 Å². The standard InChI is InChI=1S/C18H16N6O6S/c19-18(26)20-11-12-4-6-15(7-5-12)31(29,30)22-17(25)16-8-9-23(21-16)13-2-1-3-14(10-13)24(27)28/h1-10H,11H2,(H,22,25)(H3,19,20,26). The lowest BCUT2D eigenvalue weighted by Gasteiger charge is -2.07. The van der Waals surface area contributed by atoms with Gasteiger partial charge in [-0.3, -0.25) is 14.9 Å². The predicted octanol–water partition coefficient (Wildman–Crippen LogP) is 1.07. The Hall–Kier alpha value is -4.26. The average molecular weight is 444 g/mol. The number of nitrogens with one attached hydrogen (secondary N) is 2. The maximum atomic E-state index is 12.5. The third-order valence-electron chi connectivity index (χ3n) is 4.05. The van der Waals surface area contributed by atoms with E-state index in [0.29, 0.717) is 11.3 Å². The summed E-state index contributed by atoms with van der Waals surface area (Å²) < 4.78 is 28.0. The van der Waals surface area contributed by atoms with E-state index in [2.05, 4.69) is 10.4 Å². The number of urea groups is 1. The Morgan fingerprint density at radius 2 is 1.84 bits per heavy atom. The van der Waals surface area contributed by atoms with Crippen LogP contribution in [0.5, 0.6) is 0 Å². The van der Waals surface area contributed by atoms with Crippen LogP contribution in [0.15, 0.2) is 65.7 Å². The van der Waals surface area contributed by atoms with E-state index in [9.17, 15) is 28.1 Å². The van der Waals surface area contributed by atoms with Crippen LogP contribution >= 0.6 is 0 Å². The van der Waals surface area contributed by atoms with E-state index in [1.165, 1.54) is 59.4 Å². The quantitative estimate of drug-likeness (QED) is 0.360. The number of non-ortho nitro benzene ring substituents is 1. The summed E-state index contributed by atoms with van der Waals surface area (Å²) in [7, 11) is -4.18. The summed E-state index contributed by atoms with van der Waals surface area (Å²) in [5.74, 6) is -0.969. The van der Waals surface area contributed by atoms with Crippen LogP contribution in [0.1, 0.15) is 16.1 Å². The molecule has 0 radical (unpaired) electrons. The van der Waals surface area contributed by atoms with Crippen molar-refractivity contribution in [2.45, 2.75) is 11.4 Å². The number of aromatic nitrogens is 2. The van der Waals surface area contributed by atoms with Gasteiger partial charge in [0.25, 0.3) is 21.6 Å². The molecule has 13 heteroatoms. The molecule has 31 heavy (non-hydrogen) atoms. The molecule has 0 aliphatic rings. The van der Waals surface area contributed by atoms with Gasteiger partial charge in [0, 0.05) is 24.9 Å². The monoisotopic (exact) mass is 444 g/mol. The number of rotatable bonds is 7. The van der Waals surface area contributed by atoms with Gasteiger partial charge in [-0.25, -0.2) is 22.6 Å². The summed E-state index contributed by atoms with van der Waals surface area (Å²) in [6.45, 7) is 0.122. The molecule has 0 saturated carbocycles. The molecule has 160 valence electrons. The second-order valence-electron chi connectivity index (χ2n) is 6.22.